The number of nitrogens with zero attached hydrogens (tertiary/aromatic N) is 2. The van der Waals surface area contributed by atoms with Gasteiger partial charge in [-0.1, -0.05) is 11.6 Å². The van der Waals surface area contributed by atoms with Crippen molar-refractivity contribution in [3.63, 3.8) is 0 Å². The van der Waals surface area contributed by atoms with Gasteiger partial charge in [0.15, 0.2) is 11.4 Å². The van der Waals surface area contributed by atoms with Crippen LogP contribution in [0, 0.1) is 6.92 Å². The maximum Gasteiger partial charge on any atom is 0.325 e. The lowest BCUT2D eigenvalue weighted by Gasteiger charge is -2.11. The lowest BCUT2D eigenvalue weighted by atomic mass is 10.1. The highest BCUT2D eigenvalue weighted by Crippen LogP contribution is 2.41. The molecule has 24 heavy (non-hydrogen) atoms. The minimum absolute atomic E-state index is 0.210. The van der Waals surface area contributed by atoms with Crippen LogP contribution in [-0.4, -0.2) is 38.1 Å². The molecule has 0 saturated carbocycles. The highest BCUT2D eigenvalue weighted by molar-refractivity contribution is 7.26. The van der Waals surface area contributed by atoms with Gasteiger partial charge in [0.2, 0.25) is 0 Å². The van der Waals surface area contributed by atoms with Crippen LogP contribution < -0.4 is 5.32 Å². The van der Waals surface area contributed by atoms with Crippen LogP contribution >= 0.6 is 22.9 Å². The quantitative estimate of drug-likeness (QED) is 0.615. The van der Waals surface area contributed by atoms with E-state index >= 15 is 0 Å². The first-order valence-corrected chi connectivity index (χ1v) is 8.10. The number of fused-ring (bicyclic) bond motifs is 3. The number of hydrogen-bond acceptors (Lipinski definition) is 6. The van der Waals surface area contributed by atoms with Gasteiger partial charge in [0, 0.05) is 22.7 Å². The largest absolute Gasteiger partial charge is 0.504 e. The predicted molar refractivity (Wildman–Crippen MR) is 90.9 cm³/mol. The summed E-state index contributed by atoms with van der Waals surface area (Å²) in [6, 6.07) is 0.580. The molecule has 1 amide bonds. The summed E-state index contributed by atoms with van der Waals surface area (Å²) in [4.78, 5) is 31.2. The Morgan fingerprint density at radius 2 is 2.12 bits per heavy atom. The summed E-state index contributed by atoms with van der Waals surface area (Å²) in [5, 5.41) is 23.4. The van der Waals surface area contributed by atoms with Crippen LogP contribution in [0.2, 0.25) is 5.15 Å². The van der Waals surface area contributed by atoms with Gasteiger partial charge >= 0.3 is 5.97 Å². The van der Waals surface area contributed by atoms with Crippen molar-refractivity contribution in [2.75, 3.05) is 0 Å². The molecule has 0 saturated heterocycles. The maximum atomic E-state index is 12.2. The number of pyridine rings is 2. The van der Waals surface area contributed by atoms with Gasteiger partial charge in [-0.25, -0.2) is 9.97 Å². The third kappa shape index (κ3) is 2.63. The Bertz CT molecular complexity index is 1000. The van der Waals surface area contributed by atoms with Crippen LogP contribution in [0.1, 0.15) is 23.1 Å². The average Bonchev–Trinajstić information content (AvgIpc) is 2.89. The fourth-order valence-corrected chi connectivity index (χ4v) is 3.68. The topological polar surface area (TPSA) is 112 Å². The molecule has 1 atom stereocenters. The van der Waals surface area contributed by atoms with Gasteiger partial charge in [0.05, 0.1) is 9.40 Å². The Morgan fingerprint density at radius 3 is 2.79 bits per heavy atom. The molecule has 0 spiro atoms. The third-order valence-electron chi connectivity index (χ3n) is 3.56. The molecule has 124 valence electrons. The van der Waals surface area contributed by atoms with E-state index in [2.05, 4.69) is 15.3 Å². The van der Waals surface area contributed by atoms with Crippen LogP contribution in [0.15, 0.2) is 12.3 Å². The van der Waals surface area contributed by atoms with Crippen molar-refractivity contribution >= 4 is 55.0 Å². The summed E-state index contributed by atoms with van der Waals surface area (Å²) in [5.41, 5.74) is 0.322. The van der Waals surface area contributed by atoms with E-state index in [1.807, 2.05) is 0 Å². The summed E-state index contributed by atoms with van der Waals surface area (Å²) < 4.78 is 1.28. The summed E-state index contributed by atoms with van der Waals surface area (Å²) in [5.74, 6) is -2.22. The zero-order chi connectivity index (χ0) is 17.6. The molecule has 0 bridgehead atoms. The second-order valence-electron chi connectivity index (χ2n) is 5.24. The second-order valence-corrected chi connectivity index (χ2v) is 6.68. The van der Waals surface area contributed by atoms with Crippen LogP contribution in [0.3, 0.4) is 0 Å². The number of carboxylic acids is 1. The zero-order valence-electron chi connectivity index (χ0n) is 12.6. The van der Waals surface area contributed by atoms with Crippen molar-refractivity contribution in [2.24, 2.45) is 0 Å². The molecular weight excluding hydrogens is 354 g/mol. The summed E-state index contributed by atoms with van der Waals surface area (Å²) in [6.07, 6.45) is 1.59. The molecule has 0 fully saturated rings. The Hall–Kier alpha value is -2.45. The highest BCUT2D eigenvalue weighted by atomic mass is 35.5. The van der Waals surface area contributed by atoms with Crippen molar-refractivity contribution < 1.29 is 19.8 Å². The van der Waals surface area contributed by atoms with Crippen molar-refractivity contribution in [1.82, 2.24) is 15.3 Å². The minimum Gasteiger partial charge on any atom is -0.504 e. The van der Waals surface area contributed by atoms with Crippen LogP contribution in [0.5, 0.6) is 5.75 Å². The van der Waals surface area contributed by atoms with E-state index in [-0.39, 0.29) is 11.4 Å². The van der Waals surface area contributed by atoms with Gasteiger partial charge < -0.3 is 15.5 Å². The molecule has 0 unspecified atom stereocenters. The summed E-state index contributed by atoms with van der Waals surface area (Å²) >= 11 is 7.19. The van der Waals surface area contributed by atoms with Crippen LogP contribution in [-0.2, 0) is 4.79 Å². The minimum atomic E-state index is -1.18. The molecule has 3 heterocycles. The van der Waals surface area contributed by atoms with Gasteiger partial charge in [-0.2, -0.15) is 0 Å². The summed E-state index contributed by atoms with van der Waals surface area (Å²) in [6.45, 7) is 3.04. The normalized spacial score (nSPS) is 12.5. The Kier molecular flexibility index (Phi) is 4.02. The van der Waals surface area contributed by atoms with E-state index in [9.17, 15) is 14.7 Å². The molecule has 0 aliphatic carbocycles. The number of amides is 1. The number of carbonyl (C=O) groups is 2. The number of carboxylic acid groups (broad SMARTS) is 1. The fraction of sp³-hybridized carbons (Fsp3) is 0.200. The van der Waals surface area contributed by atoms with E-state index in [4.69, 9.17) is 16.7 Å². The number of aliphatic carboxylic acids is 1. The third-order valence-corrected chi connectivity index (χ3v) is 4.91. The van der Waals surface area contributed by atoms with E-state index in [1.165, 1.54) is 18.3 Å². The molecule has 3 rings (SSSR count). The Balaban J connectivity index is 2.18. The molecule has 0 aromatic carbocycles. The van der Waals surface area contributed by atoms with Crippen LogP contribution in [0.4, 0.5) is 0 Å². The molecule has 0 aliphatic rings. The molecule has 0 aliphatic heterocycles. The number of aromatic nitrogens is 2. The van der Waals surface area contributed by atoms with E-state index in [0.29, 0.717) is 20.9 Å². The van der Waals surface area contributed by atoms with E-state index in [0.717, 1.165) is 10.1 Å². The van der Waals surface area contributed by atoms with Gasteiger partial charge in [0.1, 0.15) is 11.2 Å². The number of aryl methyl sites for hydroxylation is 1. The molecule has 3 aromatic rings. The Morgan fingerprint density at radius 1 is 1.42 bits per heavy atom. The first kappa shape index (κ1) is 16.4. The van der Waals surface area contributed by atoms with Gasteiger partial charge in [-0.3, -0.25) is 9.59 Å². The zero-order valence-corrected chi connectivity index (χ0v) is 14.2. The number of aromatic hydroxyl groups is 1. The van der Waals surface area contributed by atoms with Crippen molar-refractivity contribution in [2.45, 2.75) is 19.9 Å². The number of nitrogens with one attached hydrogen (secondary N) is 1. The van der Waals surface area contributed by atoms with Crippen LogP contribution in [0.25, 0.3) is 20.2 Å². The predicted octanol–water partition coefficient (Wildman–Crippen LogP) is 2.71. The van der Waals surface area contributed by atoms with Gasteiger partial charge in [-0.15, -0.1) is 11.3 Å². The number of carbonyl (C=O) groups excluding carboxylic acids is 1. The second kappa shape index (κ2) is 5.88. The Labute approximate surface area is 144 Å². The fourth-order valence-electron chi connectivity index (χ4n) is 2.37. The highest BCUT2D eigenvalue weighted by Gasteiger charge is 2.23. The lowest BCUT2D eigenvalue weighted by Crippen LogP contribution is -2.38. The maximum absolute atomic E-state index is 12.2. The van der Waals surface area contributed by atoms with E-state index in [1.54, 1.807) is 19.2 Å². The average molecular weight is 366 g/mol. The van der Waals surface area contributed by atoms with Gasteiger partial charge in [-0.05, 0) is 19.9 Å². The number of halogens is 1. The lowest BCUT2D eigenvalue weighted by molar-refractivity contribution is -0.138. The molecule has 3 aromatic heterocycles. The molecule has 0 radical (unpaired) electrons. The smallest absolute Gasteiger partial charge is 0.325 e. The standard InChI is InChI=1S/C15H12ClN3O4S/c1-5-10-7-3-9(16)17-4-8(7)24-13(10)12(20)11(18-5)14(21)19-6(2)15(22)23/h3-4,6,20H,1-2H3,(H,19,21)(H,22,23)/t6-/m0/s1. The summed E-state index contributed by atoms with van der Waals surface area (Å²) in [7, 11) is 0. The first-order valence-electron chi connectivity index (χ1n) is 6.90. The van der Waals surface area contributed by atoms with Gasteiger partial charge in [0.25, 0.3) is 5.91 Å². The monoisotopic (exact) mass is 365 g/mol. The molecule has 3 N–H and O–H groups in total. The molecule has 7 nitrogen and oxygen atoms in total. The SMILES string of the molecule is Cc1nc(C(=O)N[C@@H](C)C(=O)O)c(O)c2sc3cnc(Cl)cc3c12. The number of hydrogen-bond donors (Lipinski definition) is 3. The molecule has 9 heteroatoms. The number of rotatable bonds is 3. The van der Waals surface area contributed by atoms with Crippen molar-refractivity contribution in [3.8, 4) is 5.75 Å². The first-order chi connectivity index (χ1) is 11.3. The number of thiophene rings is 1. The van der Waals surface area contributed by atoms with E-state index < -0.39 is 17.9 Å². The van der Waals surface area contributed by atoms with Crippen molar-refractivity contribution in [3.05, 3.63) is 28.8 Å². The molecular formula is C15H12ClN3O4S. The van der Waals surface area contributed by atoms with Crippen molar-refractivity contribution in [1.29, 1.82) is 0 Å².